The summed E-state index contributed by atoms with van der Waals surface area (Å²) in [5.41, 5.74) is 0.817. The first-order valence-corrected chi connectivity index (χ1v) is 9.10. The predicted octanol–water partition coefficient (Wildman–Crippen LogP) is 2.12. The van der Waals surface area contributed by atoms with Crippen molar-refractivity contribution in [3.63, 3.8) is 0 Å². The van der Waals surface area contributed by atoms with Crippen molar-refractivity contribution in [1.82, 2.24) is 9.62 Å². The van der Waals surface area contributed by atoms with Gasteiger partial charge in [-0.05, 0) is 29.8 Å². The molecular formula is C15H17ClN2O4S. The first-order valence-electron chi connectivity index (χ1n) is 6.87. The Kier molecular flexibility index (Phi) is 5.81. The lowest BCUT2D eigenvalue weighted by molar-refractivity contribution is 0.0924. The molecule has 0 radical (unpaired) electrons. The Labute approximate surface area is 140 Å². The summed E-state index contributed by atoms with van der Waals surface area (Å²) < 4.78 is 30.0. The van der Waals surface area contributed by atoms with Gasteiger partial charge < -0.3 is 9.73 Å². The highest BCUT2D eigenvalue weighted by atomic mass is 35.5. The molecule has 0 aliphatic heterocycles. The second-order valence-electron chi connectivity index (χ2n) is 4.96. The Bertz CT molecular complexity index is 742. The molecule has 0 atom stereocenters. The first kappa shape index (κ1) is 17.5. The third-order valence-corrected chi connectivity index (χ3v) is 4.63. The van der Waals surface area contributed by atoms with Crippen LogP contribution in [-0.2, 0) is 16.6 Å². The minimum absolute atomic E-state index is 0.161. The SMILES string of the molecule is CS(=O)(=O)N(CCNC(=O)c1ccco1)Cc1ccc(Cl)cc1. The van der Waals surface area contributed by atoms with E-state index >= 15 is 0 Å². The summed E-state index contributed by atoms with van der Waals surface area (Å²) in [7, 11) is -3.40. The number of sulfonamides is 1. The van der Waals surface area contributed by atoms with Crippen LogP contribution in [0.5, 0.6) is 0 Å². The van der Waals surface area contributed by atoms with Crippen molar-refractivity contribution in [1.29, 1.82) is 0 Å². The molecule has 23 heavy (non-hydrogen) atoms. The molecule has 0 saturated heterocycles. The normalized spacial score (nSPS) is 11.6. The maximum absolute atomic E-state index is 11.9. The number of hydrogen-bond acceptors (Lipinski definition) is 4. The highest BCUT2D eigenvalue weighted by Gasteiger charge is 2.17. The maximum Gasteiger partial charge on any atom is 0.287 e. The average molecular weight is 357 g/mol. The summed E-state index contributed by atoms with van der Waals surface area (Å²) in [6.45, 7) is 0.556. The highest BCUT2D eigenvalue weighted by molar-refractivity contribution is 7.88. The van der Waals surface area contributed by atoms with Gasteiger partial charge >= 0.3 is 0 Å². The van der Waals surface area contributed by atoms with Crippen molar-refractivity contribution in [2.75, 3.05) is 19.3 Å². The molecule has 2 aromatic rings. The summed E-state index contributed by atoms with van der Waals surface area (Å²) >= 11 is 5.82. The molecule has 1 N–H and O–H groups in total. The molecule has 0 spiro atoms. The number of carbonyl (C=O) groups excluding carboxylic acids is 1. The van der Waals surface area contributed by atoms with Crippen LogP contribution >= 0.6 is 11.6 Å². The summed E-state index contributed by atoms with van der Waals surface area (Å²) in [6, 6.07) is 10.1. The lowest BCUT2D eigenvalue weighted by Crippen LogP contribution is -2.37. The van der Waals surface area contributed by atoms with Crippen LogP contribution in [0.3, 0.4) is 0 Å². The van der Waals surface area contributed by atoms with E-state index in [1.807, 2.05) is 0 Å². The molecule has 0 bridgehead atoms. The van der Waals surface area contributed by atoms with E-state index in [9.17, 15) is 13.2 Å². The number of benzene rings is 1. The molecule has 2 rings (SSSR count). The summed E-state index contributed by atoms with van der Waals surface area (Å²) in [6.07, 6.45) is 2.54. The lowest BCUT2D eigenvalue weighted by atomic mass is 10.2. The number of carbonyl (C=O) groups is 1. The molecule has 1 aromatic carbocycles. The number of nitrogens with one attached hydrogen (secondary N) is 1. The van der Waals surface area contributed by atoms with Gasteiger partial charge in [0.1, 0.15) is 0 Å². The van der Waals surface area contributed by atoms with Crippen LogP contribution < -0.4 is 5.32 Å². The van der Waals surface area contributed by atoms with Crippen LogP contribution in [-0.4, -0.2) is 38.0 Å². The van der Waals surface area contributed by atoms with Crippen LogP contribution in [0.25, 0.3) is 0 Å². The number of nitrogens with zero attached hydrogens (tertiary/aromatic N) is 1. The first-order chi connectivity index (χ1) is 10.9. The molecule has 0 aliphatic carbocycles. The Morgan fingerprint density at radius 3 is 2.52 bits per heavy atom. The van der Waals surface area contributed by atoms with E-state index in [2.05, 4.69) is 5.32 Å². The molecule has 8 heteroatoms. The van der Waals surface area contributed by atoms with Crippen molar-refractivity contribution < 1.29 is 17.6 Å². The molecule has 0 aliphatic rings. The Morgan fingerprint density at radius 2 is 1.96 bits per heavy atom. The van der Waals surface area contributed by atoms with Crippen LogP contribution in [0.15, 0.2) is 47.1 Å². The van der Waals surface area contributed by atoms with Crippen LogP contribution in [0.4, 0.5) is 0 Å². The number of furan rings is 1. The molecule has 0 fully saturated rings. The molecular weight excluding hydrogens is 340 g/mol. The highest BCUT2D eigenvalue weighted by Crippen LogP contribution is 2.13. The zero-order valence-corrected chi connectivity index (χ0v) is 14.1. The lowest BCUT2D eigenvalue weighted by Gasteiger charge is -2.20. The molecule has 124 valence electrons. The van der Waals surface area contributed by atoms with Crippen molar-refractivity contribution in [2.24, 2.45) is 0 Å². The fourth-order valence-corrected chi connectivity index (χ4v) is 2.88. The van der Waals surface area contributed by atoms with E-state index in [0.29, 0.717) is 5.02 Å². The van der Waals surface area contributed by atoms with Gasteiger partial charge in [-0.15, -0.1) is 0 Å². The van der Waals surface area contributed by atoms with E-state index in [0.717, 1.165) is 11.8 Å². The summed E-state index contributed by atoms with van der Waals surface area (Å²) in [5, 5.41) is 3.21. The smallest absolute Gasteiger partial charge is 0.287 e. The minimum atomic E-state index is -3.40. The fourth-order valence-electron chi connectivity index (χ4n) is 1.94. The topological polar surface area (TPSA) is 79.6 Å². The maximum atomic E-state index is 11.9. The standard InChI is InChI=1S/C15H17ClN2O4S/c1-23(20,21)18(11-12-4-6-13(16)7-5-12)9-8-17-15(19)14-3-2-10-22-14/h2-7,10H,8-9,11H2,1H3,(H,17,19). The van der Waals surface area contributed by atoms with Gasteiger partial charge in [-0.1, -0.05) is 23.7 Å². The van der Waals surface area contributed by atoms with Crippen molar-refractivity contribution in [3.8, 4) is 0 Å². The van der Waals surface area contributed by atoms with Crippen LogP contribution in [0.2, 0.25) is 5.02 Å². The molecule has 6 nitrogen and oxygen atoms in total. The molecule has 0 saturated carbocycles. The van der Waals surface area contributed by atoms with Crippen molar-refractivity contribution in [2.45, 2.75) is 6.54 Å². The zero-order valence-electron chi connectivity index (χ0n) is 12.5. The Hall–Kier alpha value is -1.83. The Morgan fingerprint density at radius 1 is 1.26 bits per heavy atom. The van der Waals surface area contributed by atoms with Gasteiger partial charge in [-0.3, -0.25) is 4.79 Å². The van der Waals surface area contributed by atoms with E-state index in [-0.39, 0.29) is 31.3 Å². The van der Waals surface area contributed by atoms with Gasteiger partial charge in [0.05, 0.1) is 12.5 Å². The number of amides is 1. The largest absolute Gasteiger partial charge is 0.459 e. The second-order valence-corrected chi connectivity index (χ2v) is 7.38. The number of hydrogen-bond donors (Lipinski definition) is 1. The quantitative estimate of drug-likeness (QED) is 0.824. The van der Waals surface area contributed by atoms with E-state index in [4.69, 9.17) is 16.0 Å². The van der Waals surface area contributed by atoms with E-state index in [1.54, 1.807) is 30.3 Å². The monoisotopic (exact) mass is 356 g/mol. The number of rotatable bonds is 7. The van der Waals surface area contributed by atoms with E-state index < -0.39 is 10.0 Å². The van der Waals surface area contributed by atoms with Gasteiger partial charge in [0.15, 0.2) is 5.76 Å². The van der Waals surface area contributed by atoms with Gasteiger partial charge in [-0.25, -0.2) is 8.42 Å². The second kappa shape index (κ2) is 7.63. The number of halogens is 1. The van der Waals surface area contributed by atoms with E-state index in [1.165, 1.54) is 16.6 Å². The predicted molar refractivity (Wildman–Crippen MR) is 87.7 cm³/mol. The van der Waals surface area contributed by atoms with Gasteiger partial charge in [0, 0.05) is 24.7 Å². The van der Waals surface area contributed by atoms with Gasteiger partial charge in [0.25, 0.3) is 5.91 Å². The van der Waals surface area contributed by atoms with Crippen molar-refractivity contribution in [3.05, 3.63) is 59.0 Å². The minimum Gasteiger partial charge on any atom is -0.459 e. The van der Waals surface area contributed by atoms with Crippen molar-refractivity contribution >= 4 is 27.5 Å². The van der Waals surface area contributed by atoms with Gasteiger partial charge in [0.2, 0.25) is 10.0 Å². The van der Waals surface area contributed by atoms with Gasteiger partial charge in [-0.2, -0.15) is 4.31 Å². The summed E-state index contributed by atoms with van der Waals surface area (Å²) in [5.74, 6) is -0.191. The third kappa shape index (κ3) is 5.38. The molecule has 1 amide bonds. The molecule has 0 unspecified atom stereocenters. The average Bonchev–Trinajstić information content (AvgIpc) is 3.01. The zero-order chi connectivity index (χ0) is 16.9. The Balaban J connectivity index is 1.94. The van der Waals surface area contributed by atoms with Crippen LogP contribution in [0, 0.1) is 0 Å². The van der Waals surface area contributed by atoms with Crippen LogP contribution in [0.1, 0.15) is 16.1 Å². The third-order valence-electron chi connectivity index (χ3n) is 3.13. The summed E-state index contributed by atoms with van der Waals surface area (Å²) in [4.78, 5) is 11.7. The molecule has 1 aromatic heterocycles. The molecule has 1 heterocycles. The fraction of sp³-hybridized carbons (Fsp3) is 0.267.